The highest BCUT2D eigenvalue weighted by atomic mass is 35.5. The largest absolute Gasteiger partial charge is 0.384 e. The molecule has 1 atom stereocenters. The fraction of sp³-hybridized carbons (Fsp3) is 0.538. The Morgan fingerprint density at radius 2 is 2.06 bits per heavy atom. The summed E-state index contributed by atoms with van der Waals surface area (Å²) in [7, 11) is 0. The van der Waals surface area contributed by atoms with Crippen molar-refractivity contribution in [3.05, 3.63) is 28.3 Å². The molecule has 1 rings (SSSR count). The number of hydrogen-bond donors (Lipinski definition) is 2. The Kier molecular flexibility index (Phi) is 5.10. The standard InChI is InChI=1S/C13H21ClN2/c1-9-7-10(2)13(12(14)8-9)16-6-4-5-11(3)15/h7-8,11,16H,4-6,15H2,1-3H3. The van der Waals surface area contributed by atoms with Crippen LogP contribution in [0.2, 0.25) is 5.02 Å². The number of aryl methyl sites for hydroxylation is 2. The summed E-state index contributed by atoms with van der Waals surface area (Å²) in [5, 5.41) is 4.18. The molecule has 90 valence electrons. The van der Waals surface area contributed by atoms with Crippen molar-refractivity contribution in [2.24, 2.45) is 5.73 Å². The highest BCUT2D eigenvalue weighted by Gasteiger charge is 2.04. The van der Waals surface area contributed by atoms with E-state index in [1.165, 1.54) is 11.1 Å². The highest BCUT2D eigenvalue weighted by Crippen LogP contribution is 2.27. The van der Waals surface area contributed by atoms with Crippen LogP contribution in [-0.4, -0.2) is 12.6 Å². The van der Waals surface area contributed by atoms with Gasteiger partial charge in [-0.3, -0.25) is 0 Å². The van der Waals surface area contributed by atoms with Crippen LogP contribution in [0.4, 0.5) is 5.69 Å². The molecule has 0 bridgehead atoms. The summed E-state index contributed by atoms with van der Waals surface area (Å²) in [6.45, 7) is 7.08. The molecule has 0 spiro atoms. The van der Waals surface area contributed by atoms with Gasteiger partial charge in [0.05, 0.1) is 10.7 Å². The Hall–Kier alpha value is -0.730. The Labute approximate surface area is 103 Å². The predicted molar refractivity (Wildman–Crippen MR) is 72.3 cm³/mol. The van der Waals surface area contributed by atoms with Gasteiger partial charge in [0.25, 0.3) is 0 Å². The van der Waals surface area contributed by atoms with E-state index < -0.39 is 0 Å². The minimum atomic E-state index is 0.274. The van der Waals surface area contributed by atoms with Crippen LogP contribution in [0.3, 0.4) is 0 Å². The van der Waals surface area contributed by atoms with Crippen molar-refractivity contribution in [2.75, 3.05) is 11.9 Å². The Morgan fingerprint density at radius 1 is 1.38 bits per heavy atom. The fourth-order valence-corrected chi connectivity index (χ4v) is 2.17. The first-order chi connectivity index (χ1) is 7.50. The van der Waals surface area contributed by atoms with Gasteiger partial charge in [0, 0.05) is 12.6 Å². The average Bonchev–Trinajstić information content (AvgIpc) is 2.14. The summed E-state index contributed by atoms with van der Waals surface area (Å²) >= 11 is 6.19. The Balaban J connectivity index is 2.54. The molecule has 1 aromatic rings. The van der Waals surface area contributed by atoms with Gasteiger partial charge in [-0.25, -0.2) is 0 Å². The lowest BCUT2D eigenvalue weighted by molar-refractivity contribution is 0.639. The topological polar surface area (TPSA) is 38.0 Å². The molecule has 0 saturated heterocycles. The molecule has 0 aromatic heterocycles. The summed E-state index contributed by atoms with van der Waals surface area (Å²) in [5.74, 6) is 0. The summed E-state index contributed by atoms with van der Waals surface area (Å²) in [5.41, 5.74) is 9.15. The van der Waals surface area contributed by atoms with Gasteiger partial charge in [-0.05, 0) is 50.8 Å². The number of benzene rings is 1. The third-order valence-corrected chi connectivity index (χ3v) is 2.87. The van der Waals surface area contributed by atoms with E-state index in [1.54, 1.807) is 0 Å². The lowest BCUT2D eigenvalue weighted by Gasteiger charge is -2.13. The smallest absolute Gasteiger partial charge is 0.0642 e. The SMILES string of the molecule is Cc1cc(C)c(NCCCC(C)N)c(Cl)c1. The highest BCUT2D eigenvalue weighted by molar-refractivity contribution is 6.33. The van der Waals surface area contributed by atoms with Crippen LogP contribution in [0, 0.1) is 13.8 Å². The molecule has 0 amide bonds. The minimum absolute atomic E-state index is 0.274. The number of halogens is 1. The van der Waals surface area contributed by atoms with Gasteiger partial charge in [-0.15, -0.1) is 0 Å². The maximum absolute atomic E-state index is 6.19. The van der Waals surface area contributed by atoms with Gasteiger partial charge in [0.15, 0.2) is 0 Å². The second kappa shape index (κ2) is 6.12. The number of nitrogens with two attached hydrogens (primary N) is 1. The van der Waals surface area contributed by atoms with Crippen molar-refractivity contribution in [1.82, 2.24) is 0 Å². The molecular formula is C13H21ClN2. The number of hydrogen-bond acceptors (Lipinski definition) is 2. The van der Waals surface area contributed by atoms with Gasteiger partial charge < -0.3 is 11.1 Å². The van der Waals surface area contributed by atoms with Crippen LogP contribution < -0.4 is 11.1 Å². The van der Waals surface area contributed by atoms with Gasteiger partial charge >= 0.3 is 0 Å². The molecule has 0 aliphatic heterocycles. The first-order valence-corrected chi connectivity index (χ1v) is 6.14. The molecular weight excluding hydrogens is 220 g/mol. The molecule has 1 aromatic carbocycles. The average molecular weight is 241 g/mol. The first-order valence-electron chi connectivity index (χ1n) is 5.77. The predicted octanol–water partition coefficient (Wildman–Crippen LogP) is 3.50. The van der Waals surface area contributed by atoms with E-state index in [0.29, 0.717) is 0 Å². The van der Waals surface area contributed by atoms with Crippen molar-refractivity contribution >= 4 is 17.3 Å². The number of nitrogens with one attached hydrogen (secondary N) is 1. The third kappa shape index (κ3) is 4.03. The molecule has 16 heavy (non-hydrogen) atoms. The summed E-state index contributed by atoms with van der Waals surface area (Å²) < 4.78 is 0. The van der Waals surface area contributed by atoms with Crippen molar-refractivity contribution < 1.29 is 0 Å². The first kappa shape index (κ1) is 13.3. The maximum Gasteiger partial charge on any atom is 0.0642 e. The quantitative estimate of drug-likeness (QED) is 0.774. The van der Waals surface area contributed by atoms with E-state index in [9.17, 15) is 0 Å². The van der Waals surface area contributed by atoms with Crippen molar-refractivity contribution in [3.63, 3.8) is 0 Å². The van der Waals surface area contributed by atoms with Crippen molar-refractivity contribution in [3.8, 4) is 0 Å². The molecule has 0 radical (unpaired) electrons. The third-order valence-electron chi connectivity index (χ3n) is 2.57. The van der Waals surface area contributed by atoms with Crippen LogP contribution in [0.1, 0.15) is 30.9 Å². The van der Waals surface area contributed by atoms with E-state index in [2.05, 4.69) is 25.2 Å². The molecule has 0 aliphatic rings. The van der Waals surface area contributed by atoms with Crippen molar-refractivity contribution in [1.29, 1.82) is 0 Å². The van der Waals surface area contributed by atoms with Crippen molar-refractivity contribution in [2.45, 2.75) is 39.7 Å². The molecule has 0 fully saturated rings. The molecule has 1 unspecified atom stereocenters. The normalized spacial score (nSPS) is 12.6. The van der Waals surface area contributed by atoms with Crippen LogP contribution in [0.25, 0.3) is 0 Å². The molecule has 3 N–H and O–H groups in total. The molecule has 3 heteroatoms. The zero-order chi connectivity index (χ0) is 12.1. The fourth-order valence-electron chi connectivity index (χ4n) is 1.78. The summed E-state index contributed by atoms with van der Waals surface area (Å²) in [4.78, 5) is 0. The van der Waals surface area contributed by atoms with Gasteiger partial charge in [-0.1, -0.05) is 17.7 Å². The van der Waals surface area contributed by atoms with E-state index >= 15 is 0 Å². The van der Waals surface area contributed by atoms with E-state index in [4.69, 9.17) is 17.3 Å². The molecule has 0 heterocycles. The molecule has 2 nitrogen and oxygen atoms in total. The Bertz CT molecular complexity index is 325. The van der Waals surface area contributed by atoms with Gasteiger partial charge in [0.1, 0.15) is 0 Å². The monoisotopic (exact) mass is 240 g/mol. The molecule has 0 saturated carbocycles. The molecule has 0 aliphatic carbocycles. The zero-order valence-electron chi connectivity index (χ0n) is 10.3. The summed E-state index contributed by atoms with van der Waals surface area (Å²) in [6, 6.07) is 4.40. The maximum atomic E-state index is 6.19. The zero-order valence-corrected chi connectivity index (χ0v) is 11.1. The second-order valence-corrected chi connectivity index (χ2v) is 4.89. The number of rotatable bonds is 5. The van der Waals surface area contributed by atoms with Crippen LogP contribution in [-0.2, 0) is 0 Å². The van der Waals surface area contributed by atoms with E-state index in [-0.39, 0.29) is 6.04 Å². The van der Waals surface area contributed by atoms with Gasteiger partial charge in [-0.2, -0.15) is 0 Å². The van der Waals surface area contributed by atoms with E-state index in [1.807, 2.05) is 13.0 Å². The van der Waals surface area contributed by atoms with Crippen LogP contribution in [0.5, 0.6) is 0 Å². The van der Waals surface area contributed by atoms with Crippen LogP contribution >= 0.6 is 11.6 Å². The Morgan fingerprint density at radius 3 is 2.62 bits per heavy atom. The van der Waals surface area contributed by atoms with Gasteiger partial charge in [0.2, 0.25) is 0 Å². The lowest BCUT2D eigenvalue weighted by Crippen LogP contribution is -2.16. The minimum Gasteiger partial charge on any atom is -0.384 e. The summed E-state index contributed by atoms with van der Waals surface area (Å²) in [6.07, 6.45) is 2.11. The van der Waals surface area contributed by atoms with E-state index in [0.717, 1.165) is 30.1 Å². The van der Waals surface area contributed by atoms with Crippen LogP contribution in [0.15, 0.2) is 12.1 Å². The second-order valence-electron chi connectivity index (χ2n) is 4.48. The lowest BCUT2D eigenvalue weighted by atomic mass is 10.1. The number of anilines is 1.